The van der Waals surface area contributed by atoms with Gasteiger partial charge in [0.2, 0.25) is 0 Å². The van der Waals surface area contributed by atoms with Gasteiger partial charge in [-0.3, -0.25) is 14.4 Å². The Morgan fingerprint density at radius 2 is 0.486 bits per heavy atom. The summed E-state index contributed by atoms with van der Waals surface area (Å²) in [5.41, 5.74) is 0. The number of unbranched alkanes of at least 4 members (excludes halogenated alkanes) is 41. The molecule has 0 aromatic carbocycles. The van der Waals surface area contributed by atoms with Crippen molar-refractivity contribution in [2.24, 2.45) is 0 Å². The van der Waals surface area contributed by atoms with Crippen LogP contribution >= 0.6 is 0 Å². The van der Waals surface area contributed by atoms with E-state index in [1.807, 2.05) is 0 Å². The van der Waals surface area contributed by atoms with Gasteiger partial charge in [0.05, 0.1) is 0 Å². The number of allylic oxidation sites excluding steroid dienone is 8. The first-order valence-corrected chi connectivity index (χ1v) is 32.6. The van der Waals surface area contributed by atoms with Gasteiger partial charge in [0.15, 0.2) is 6.10 Å². The molecule has 6 nitrogen and oxygen atoms in total. The van der Waals surface area contributed by atoms with Gasteiger partial charge in [0.1, 0.15) is 13.2 Å². The third-order valence-electron chi connectivity index (χ3n) is 14.6. The molecule has 0 spiro atoms. The van der Waals surface area contributed by atoms with E-state index >= 15 is 0 Å². The average molecular weight is 1040 g/mol. The normalized spacial score (nSPS) is 12.3. The van der Waals surface area contributed by atoms with E-state index in [1.165, 1.54) is 225 Å². The quantitative estimate of drug-likeness (QED) is 0.0261. The average Bonchev–Trinajstić information content (AvgIpc) is 3.40. The van der Waals surface area contributed by atoms with Crippen LogP contribution < -0.4 is 0 Å². The maximum absolute atomic E-state index is 12.8. The number of carbonyl (C=O) groups excluding carboxylic acids is 3. The van der Waals surface area contributed by atoms with Crippen LogP contribution in [0.2, 0.25) is 0 Å². The fourth-order valence-electron chi connectivity index (χ4n) is 9.62. The molecule has 0 aromatic rings. The highest BCUT2D eigenvalue weighted by Gasteiger charge is 2.19. The second-order valence-corrected chi connectivity index (χ2v) is 22.0. The lowest BCUT2D eigenvalue weighted by molar-refractivity contribution is -0.167. The molecule has 0 radical (unpaired) electrons. The first-order chi connectivity index (χ1) is 36.5. The van der Waals surface area contributed by atoms with E-state index in [4.69, 9.17) is 14.2 Å². The Kier molecular flexibility index (Phi) is 60.7. The summed E-state index contributed by atoms with van der Waals surface area (Å²) >= 11 is 0. The molecule has 432 valence electrons. The van der Waals surface area contributed by atoms with Crippen molar-refractivity contribution in [3.63, 3.8) is 0 Å². The summed E-state index contributed by atoms with van der Waals surface area (Å²) in [5.74, 6) is -0.878. The van der Waals surface area contributed by atoms with Crippen molar-refractivity contribution < 1.29 is 28.6 Å². The number of rotatable bonds is 60. The van der Waals surface area contributed by atoms with Crippen molar-refractivity contribution in [3.05, 3.63) is 48.6 Å². The Morgan fingerprint density at radius 1 is 0.270 bits per heavy atom. The van der Waals surface area contributed by atoms with Crippen LogP contribution in [0.4, 0.5) is 0 Å². The van der Waals surface area contributed by atoms with Gasteiger partial charge in [-0.05, 0) is 83.5 Å². The predicted molar refractivity (Wildman–Crippen MR) is 321 cm³/mol. The van der Waals surface area contributed by atoms with Crippen LogP contribution in [-0.4, -0.2) is 37.2 Å². The zero-order valence-corrected chi connectivity index (χ0v) is 49.6. The predicted octanol–water partition coefficient (Wildman–Crippen LogP) is 22.2. The van der Waals surface area contributed by atoms with E-state index in [-0.39, 0.29) is 31.1 Å². The molecule has 1 atom stereocenters. The number of esters is 3. The van der Waals surface area contributed by atoms with Crippen molar-refractivity contribution in [3.8, 4) is 0 Å². The SMILES string of the molecule is CCCCCC/C=C\C/C=C\CCCCCCCCCC(=O)OC(COC(=O)CCCCCCC)COC(=O)CCCCCCCCCCCCCCCCCCCCCCC/C=C\C/C=C\CCCCCCC. The fourth-order valence-corrected chi connectivity index (χ4v) is 9.62. The maximum atomic E-state index is 12.8. The third-order valence-corrected chi connectivity index (χ3v) is 14.6. The summed E-state index contributed by atoms with van der Waals surface area (Å²) in [6, 6.07) is 0. The second kappa shape index (κ2) is 62.9. The van der Waals surface area contributed by atoms with Gasteiger partial charge in [0.25, 0.3) is 0 Å². The van der Waals surface area contributed by atoms with Crippen LogP contribution in [-0.2, 0) is 28.6 Å². The molecule has 0 saturated heterocycles. The lowest BCUT2D eigenvalue weighted by Gasteiger charge is -2.18. The topological polar surface area (TPSA) is 78.9 Å². The van der Waals surface area contributed by atoms with E-state index in [0.717, 1.165) is 83.5 Å². The molecule has 0 rings (SSSR count). The molecule has 74 heavy (non-hydrogen) atoms. The highest BCUT2D eigenvalue weighted by atomic mass is 16.6. The lowest BCUT2D eigenvalue weighted by Crippen LogP contribution is -2.30. The van der Waals surface area contributed by atoms with Crippen LogP contribution in [0, 0.1) is 0 Å². The van der Waals surface area contributed by atoms with Crippen molar-refractivity contribution in [2.75, 3.05) is 13.2 Å². The standard InChI is InChI=1S/C68H124O6/c1-4-7-10-13-15-17-19-21-23-25-27-28-29-30-31-32-33-34-35-36-37-38-39-40-41-43-44-46-48-50-52-55-58-61-67(70)73-64-65(63-72-66(69)60-57-54-12-9-6-3)74-68(71)62-59-56-53-51-49-47-45-42-26-24-22-20-18-16-14-11-8-5-2/h18-21,24-27,65H,4-17,22-23,28-64H2,1-3H3/b20-18-,21-19-,26-24-,27-25-. The van der Waals surface area contributed by atoms with Crippen LogP contribution in [0.15, 0.2) is 48.6 Å². The molecular formula is C68H124O6. The summed E-state index contributed by atoms with van der Waals surface area (Å²) in [6.07, 6.45) is 79.0. The number of hydrogen-bond donors (Lipinski definition) is 0. The van der Waals surface area contributed by atoms with Crippen molar-refractivity contribution >= 4 is 17.9 Å². The van der Waals surface area contributed by atoms with Gasteiger partial charge in [-0.15, -0.1) is 0 Å². The summed E-state index contributed by atoms with van der Waals surface area (Å²) in [5, 5.41) is 0. The van der Waals surface area contributed by atoms with Gasteiger partial charge >= 0.3 is 17.9 Å². The van der Waals surface area contributed by atoms with Crippen LogP contribution in [0.1, 0.15) is 348 Å². The highest BCUT2D eigenvalue weighted by molar-refractivity contribution is 5.71. The third kappa shape index (κ3) is 60.2. The Labute approximate surface area is 460 Å². The van der Waals surface area contributed by atoms with Crippen molar-refractivity contribution in [1.29, 1.82) is 0 Å². The van der Waals surface area contributed by atoms with Crippen LogP contribution in [0.25, 0.3) is 0 Å². The molecule has 0 aromatic heterocycles. The molecule has 0 saturated carbocycles. The van der Waals surface area contributed by atoms with Crippen molar-refractivity contribution in [2.45, 2.75) is 354 Å². The first-order valence-electron chi connectivity index (χ1n) is 32.6. The van der Waals surface area contributed by atoms with E-state index in [0.29, 0.717) is 19.3 Å². The zero-order valence-electron chi connectivity index (χ0n) is 49.6. The molecule has 6 heteroatoms. The number of hydrogen-bond acceptors (Lipinski definition) is 6. The Morgan fingerprint density at radius 3 is 0.757 bits per heavy atom. The fraction of sp³-hybridized carbons (Fsp3) is 0.838. The molecule has 1 unspecified atom stereocenters. The monoisotopic (exact) mass is 1040 g/mol. The largest absolute Gasteiger partial charge is 0.462 e. The van der Waals surface area contributed by atoms with Gasteiger partial charge in [-0.2, -0.15) is 0 Å². The number of ether oxygens (including phenoxy) is 3. The maximum Gasteiger partial charge on any atom is 0.306 e. The summed E-state index contributed by atoms with van der Waals surface area (Å²) < 4.78 is 16.8. The minimum Gasteiger partial charge on any atom is -0.462 e. The molecule has 0 amide bonds. The first kappa shape index (κ1) is 71.4. The molecule has 0 aliphatic heterocycles. The molecular weight excluding hydrogens is 913 g/mol. The Hall–Kier alpha value is -2.63. The minimum absolute atomic E-state index is 0.0728. The molecule has 0 fully saturated rings. The Bertz CT molecular complexity index is 1280. The van der Waals surface area contributed by atoms with E-state index in [2.05, 4.69) is 69.4 Å². The minimum atomic E-state index is -0.771. The second-order valence-electron chi connectivity index (χ2n) is 22.0. The van der Waals surface area contributed by atoms with Gasteiger partial charge < -0.3 is 14.2 Å². The molecule has 0 aliphatic carbocycles. The summed E-state index contributed by atoms with van der Waals surface area (Å²) in [6.45, 7) is 6.56. The van der Waals surface area contributed by atoms with Crippen LogP contribution in [0.3, 0.4) is 0 Å². The van der Waals surface area contributed by atoms with Crippen molar-refractivity contribution in [1.82, 2.24) is 0 Å². The van der Waals surface area contributed by atoms with E-state index in [9.17, 15) is 14.4 Å². The molecule has 0 bridgehead atoms. The zero-order chi connectivity index (χ0) is 53.6. The summed E-state index contributed by atoms with van der Waals surface area (Å²) in [7, 11) is 0. The van der Waals surface area contributed by atoms with Gasteiger partial charge in [-0.1, -0.05) is 294 Å². The highest BCUT2D eigenvalue weighted by Crippen LogP contribution is 2.17. The Balaban J connectivity index is 3.91. The number of carbonyl (C=O) groups is 3. The van der Waals surface area contributed by atoms with E-state index in [1.54, 1.807) is 0 Å². The smallest absolute Gasteiger partial charge is 0.306 e. The molecule has 0 heterocycles. The lowest BCUT2D eigenvalue weighted by atomic mass is 10.0. The summed E-state index contributed by atoms with van der Waals surface area (Å²) in [4.78, 5) is 37.9. The molecule has 0 aliphatic rings. The van der Waals surface area contributed by atoms with Gasteiger partial charge in [-0.25, -0.2) is 0 Å². The van der Waals surface area contributed by atoms with Crippen LogP contribution in [0.5, 0.6) is 0 Å². The molecule has 0 N–H and O–H groups in total. The van der Waals surface area contributed by atoms with E-state index < -0.39 is 6.10 Å². The van der Waals surface area contributed by atoms with Gasteiger partial charge in [0, 0.05) is 19.3 Å².